The molecule has 1 unspecified atom stereocenters. The molecule has 1 nitrogen and oxygen atoms in total. The predicted molar refractivity (Wildman–Crippen MR) is 80.5 cm³/mol. The number of aryl methyl sites for hydroxylation is 2. The summed E-state index contributed by atoms with van der Waals surface area (Å²) in [4.78, 5) is 0. The zero-order chi connectivity index (χ0) is 14.7. The van der Waals surface area contributed by atoms with Crippen molar-refractivity contribution in [1.29, 1.82) is 0 Å². The summed E-state index contributed by atoms with van der Waals surface area (Å²) in [5.41, 5.74) is 8.23. The molecule has 0 saturated carbocycles. The average molecular weight is 340 g/mol. The van der Waals surface area contributed by atoms with E-state index >= 15 is 0 Å². The molecule has 0 saturated heterocycles. The lowest BCUT2D eigenvalue weighted by atomic mass is 9.97. The SMILES string of the molecule is Cc1ccccc1CCC(N)c1c(F)ccc(Br)c1F. The molecule has 0 aliphatic rings. The molecule has 0 aliphatic heterocycles. The second-order valence-electron chi connectivity index (χ2n) is 4.83. The third kappa shape index (κ3) is 3.25. The van der Waals surface area contributed by atoms with Gasteiger partial charge < -0.3 is 5.73 Å². The molecule has 20 heavy (non-hydrogen) atoms. The van der Waals surface area contributed by atoms with Crippen LogP contribution in [0.4, 0.5) is 8.78 Å². The Balaban J connectivity index is 2.15. The van der Waals surface area contributed by atoms with E-state index in [4.69, 9.17) is 5.73 Å². The van der Waals surface area contributed by atoms with E-state index in [0.717, 1.165) is 11.1 Å². The van der Waals surface area contributed by atoms with Crippen LogP contribution in [0.2, 0.25) is 0 Å². The van der Waals surface area contributed by atoms with Crippen molar-refractivity contribution in [2.45, 2.75) is 25.8 Å². The molecule has 0 radical (unpaired) electrons. The van der Waals surface area contributed by atoms with Gasteiger partial charge >= 0.3 is 0 Å². The molecule has 4 heteroatoms. The Hall–Kier alpha value is -1.26. The highest BCUT2D eigenvalue weighted by Gasteiger charge is 2.19. The molecule has 0 spiro atoms. The van der Waals surface area contributed by atoms with E-state index in [2.05, 4.69) is 15.9 Å². The fraction of sp³-hybridized carbons (Fsp3) is 0.250. The van der Waals surface area contributed by atoms with Crippen LogP contribution in [0.25, 0.3) is 0 Å². The van der Waals surface area contributed by atoms with Gasteiger partial charge in [0.1, 0.15) is 11.6 Å². The Labute approximate surface area is 125 Å². The van der Waals surface area contributed by atoms with Gasteiger partial charge in [-0.2, -0.15) is 0 Å². The summed E-state index contributed by atoms with van der Waals surface area (Å²) in [6, 6.07) is 9.86. The van der Waals surface area contributed by atoms with Crippen LogP contribution < -0.4 is 5.73 Å². The maximum absolute atomic E-state index is 14.0. The molecule has 2 rings (SSSR count). The molecule has 2 aromatic rings. The Morgan fingerprint density at radius 3 is 2.55 bits per heavy atom. The minimum Gasteiger partial charge on any atom is -0.324 e. The van der Waals surface area contributed by atoms with Gasteiger partial charge in [0.25, 0.3) is 0 Å². The number of benzene rings is 2. The number of halogens is 3. The molecular formula is C16H16BrF2N. The van der Waals surface area contributed by atoms with E-state index in [0.29, 0.717) is 12.8 Å². The van der Waals surface area contributed by atoms with Crippen molar-refractivity contribution in [3.05, 3.63) is 69.2 Å². The summed E-state index contributed by atoms with van der Waals surface area (Å²) >= 11 is 3.06. The highest BCUT2D eigenvalue weighted by Crippen LogP contribution is 2.28. The molecular weight excluding hydrogens is 324 g/mol. The van der Waals surface area contributed by atoms with Gasteiger partial charge in [0.15, 0.2) is 0 Å². The molecule has 0 fully saturated rings. The van der Waals surface area contributed by atoms with Gasteiger partial charge in [-0.15, -0.1) is 0 Å². The zero-order valence-corrected chi connectivity index (χ0v) is 12.8. The monoisotopic (exact) mass is 339 g/mol. The van der Waals surface area contributed by atoms with Crippen LogP contribution in [0.15, 0.2) is 40.9 Å². The molecule has 0 amide bonds. The van der Waals surface area contributed by atoms with E-state index in [1.54, 1.807) is 0 Å². The number of nitrogens with two attached hydrogens (primary N) is 1. The lowest BCUT2D eigenvalue weighted by molar-refractivity contribution is 0.509. The molecule has 0 aliphatic carbocycles. The van der Waals surface area contributed by atoms with Crippen LogP contribution in [0, 0.1) is 18.6 Å². The Bertz CT molecular complexity index is 613. The smallest absolute Gasteiger partial charge is 0.145 e. The van der Waals surface area contributed by atoms with Crippen LogP contribution in [0.3, 0.4) is 0 Å². The van der Waals surface area contributed by atoms with Gasteiger partial charge in [0, 0.05) is 11.6 Å². The molecule has 0 bridgehead atoms. The van der Waals surface area contributed by atoms with Gasteiger partial charge in [-0.3, -0.25) is 0 Å². The minimum absolute atomic E-state index is 0.0482. The summed E-state index contributed by atoms with van der Waals surface area (Å²) in [5, 5.41) is 0. The fourth-order valence-corrected chi connectivity index (χ4v) is 2.57. The maximum atomic E-state index is 14.0. The Morgan fingerprint density at radius 2 is 1.85 bits per heavy atom. The number of hydrogen-bond acceptors (Lipinski definition) is 1. The second-order valence-corrected chi connectivity index (χ2v) is 5.68. The molecule has 0 aromatic heterocycles. The van der Waals surface area contributed by atoms with Gasteiger partial charge in [-0.25, -0.2) is 8.78 Å². The fourth-order valence-electron chi connectivity index (χ4n) is 2.23. The van der Waals surface area contributed by atoms with Crippen molar-refractivity contribution < 1.29 is 8.78 Å². The van der Waals surface area contributed by atoms with E-state index in [1.807, 2.05) is 31.2 Å². The van der Waals surface area contributed by atoms with Crippen LogP contribution in [-0.2, 0) is 6.42 Å². The van der Waals surface area contributed by atoms with Gasteiger partial charge in [-0.05, 0) is 59.0 Å². The quantitative estimate of drug-likeness (QED) is 0.805. The third-order valence-electron chi connectivity index (χ3n) is 3.44. The molecule has 2 N–H and O–H groups in total. The molecule has 0 heterocycles. The highest BCUT2D eigenvalue weighted by molar-refractivity contribution is 9.10. The van der Waals surface area contributed by atoms with Crippen LogP contribution in [0.5, 0.6) is 0 Å². The van der Waals surface area contributed by atoms with E-state index < -0.39 is 17.7 Å². The Kier molecular flexibility index (Phi) is 4.89. The molecule has 106 valence electrons. The Morgan fingerprint density at radius 1 is 1.15 bits per heavy atom. The van der Waals surface area contributed by atoms with Crippen LogP contribution >= 0.6 is 15.9 Å². The third-order valence-corrected chi connectivity index (χ3v) is 4.05. The number of rotatable bonds is 4. The summed E-state index contributed by atoms with van der Waals surface area (Å²) in [6.45, 7) is 2.02. The summed E-state index contributed by atoms with van der Waals surface area (Å²) < 4.78 is 27.9. The molecule has 2 aromatic carbocycles. The first-order valence-corrected chi connectivity index (χ1v) is 7.23. The standard InChI is InChI=1S/C16H16BrF2N/c1-10-4-2-3-5-11(10)6-9-14(20)15-13(18)8-7-12(17)16(15)19/h2-5,7-8,14H,6,9,20H2,1H3. The first kappa shape index (κ1) is 15.1. The van der Waals surface area contributed by atoms with Crippen LogP contribution in [0.1, 0.15) is 29.2 Å². The topological polar surface area (TPSA) is 26.0 Å². The maximum Gasteiger partial charge on any atom is 0.145 e. The van der Waals surface area contributed by atoms with Crippen molar-refractivity contribution in [1.82, 2.24) is 0 Å². The van der Waals surface area contributed by atoms with E-state index in [9.17, 15) is 8.78 Å². The summed E-state index contributed by atoms with van der Waals surface area (Å²) in [7, 11) is 0. The first-order chi connectivity index (χ1) is 9.50. The van der Waals surface area contributed by atoms with Crippen LogP contribution in [-0.4, -0.2) is 0 Å². The predicted octanol–water partition coefficient (Wildman–Crippen LogP) is 4.67. The van der Waals surface area contributed by atoms with Gasteiger partial charge in [0.05, 0.1) is 4.47 Å². The summed E-state index contributed by atoms with van der Waals surface area (Å²) in [5.74, 6) is -1.20. The largest absolute Gasteiger partial charge is 0.324 e. The second kappa shape index (κ2) is 6.46. The van der Waals surface area contributed by atoms with Gasteiger partial charge in [0.2, 0.25) is 0 Å². The number of hydrogen-bond donors (Lipinski definition) is 1. The van der Waals surface area contributed by atoms with Crippen molar-refractivity contribution >= 4 is 15.9 Å². The van der Waals surface area contributed by atoms with E-state index in [1.165, 1.54) is 12.1 Å². The lowest BCUT2D eigenvalue weighted by Gasteiger charge is -2.15. The average Bonchev–Trinajstić information content (AvgIpc) is 2.42. The van der Waals surface area contributed by atoms with Crippen molar-refractivity contribution in [2.24, 2.45) is 5.73 Å². The first-order valence-electron chi connectivity index (χ1n) is 6.44. The minimum atomic E-state index is -0.660. The molecule has 1 atom stereocenters. The van der Waals surface area contributed by atoms with Crippen molar-refractivity contribution in [3.8, 4) is 0 Å². The van der Waals surface area contributed by atoms with E-state index in [-0.39, 0.29) is 10.0 Å². The zero-order valence-electron chi connectivity index (χ0n) is 11.2. The summed E-state index contributed by atoms with van der Waals surface area (Å²) in [6.07, 6.45) is 1.19. The van der Waals surface area contributed by atoms with Gasteiger partial charge in [-0.1, -0.05) is 24.3 Å². The highest BCUT2D eigenvalue weighted by atomic mass is 79.9. The van der Waals surface area contributed by atoms with Crippen molar-refractivity contribution in [2.75, 3.05) is 0 Å². The van der Waals surface area contributed by atoms with Crippen molar-refractivity contribution in [3.63, 3.8) is 0 Å². The normalized spacial score (nSPS) is 12.4. The lowest BCUT2D eigenvalue weighted by Crippen LogP contribution is -2.15.